The molecular formula is C73H116ClF7N12O12. The quantitative estimate of drug-likeness (QED) is 0.131. The second kappa shape index (κ2) is 37.0. The van der Waals surface area contributed by atoms with E-state index in [0.717, 1.165) is 29.4 Å². The zero-order chi connectivity index (χ0) is 78.8. The zero-order valence-corrected chi connectivity index (χ0v) is 64.8. The summed E-state index contributed by atoms with van der Waals surface area (Å²) in [7, 11) is 12.1. The van der Waals surface area contributed by atoms with Crippen LogP contribution >= 0.6 is 11.6 Å². The highest BCUT2D eigenvalue weighted by atomic mass is 35.5. The smallest absolute Gasteiger partial charge is 0.347 e. The van der Waals surface area contributed by atoms with Crippen LogP contribution in [0.5, 0.6) is 0 Å². The second-order valence-corrected chi connectivity index (χ2v) is 32.0. The van der Waals surface area contributed by atoms with Gasteiger partial charge in [0.05, 0.1) is 24.8 Å². The van der Waals surface area contributed by atoms with Gasteiger partial charge >= 0.3 is 12.4 Å². The van der Waals surface area contributed by atoms with Crippen LogP contribution in [0.2, 0.25) is 0 Å². The highest BCUT2D eigenvalue weighted by molar-refractivity contribution is 6.21. The molecule has 0 aromatic carbocycles. The maximum Gasteiger partial charge on any atom is 0.393 e. The number of halogens is 8. The van der Waals surface area contributed by atoms with Crippen molar-refractivity contribution < 1.29 is 88.3 Å². The Morgan fingerprint density at radius 1 is 0.590 bits per heavy atom. The molecule has 2 aliphatic heterocycles. The van der Waals surface area contributed by atoms with Gasteiger partial charge in [-0.1, -0.05) is 53.4 Å². The molecule has 3 unspecified atom stereocenters. The Morgan fingerprint density at radius 3 is 1.67 bits per heavy atom. The maximum absolute atomic E-state index is 15.6. The molecule has 0 bridgehead atoms. The molecule has 12 amide bonds. The molecule has 32 heteroatoms. The van der Waals surface area contributed by atoms with Gasteiger partial charge in [0.25, 0.3) is 0 Å². The van der Waals surface area contributed by atoms with Gasteiger partial charge in [0, 0.05) is 75.4 Å². The monoisotopic (exact) mass is 1520 g/mol. The van der Waals surface area contributed by atoms with Crippen LogP contribution in [0.15, 0.2) is 0 Å². The van der Waals surface area contributed by atoms with Gasteiger partial charge in [0.1, 0.15) is 66.1 Å². The first-order valence-corrected chi connectivity index (χ1v) is 38.1. The van der Waals surface area contributed by atoms with Crippen LogP contribution in [0.4, 0.5) is 30.7 Å². The van der Waals surface area contributed by atoms with E-state index in [1.165, 1.54) is 92.0 Å². The number of likely N-dealkylation sites (N-methyl/N-ethyl adjacent to an activating group) is 8. The Labute approximate surface area is 619 Å². The van der Waals surface area contributed by atoms with Crippen LogP contribution < -0.4 is 16.0 Å². The lowest BCUT2D eigenvalue weighted by Gasteiger charge is -2.45. The molecule has 14 atom stereocenters. The molecule has 2 saturated heterocycles. The number of rotatable bonds is 12. The molecule has 4 aliphatic carbocycles. The summed E-state index contributed by atoms with van der Waals surface area (Å²) in [6.45, 7) is 9.05. The Morgan fingerprint density at radius 2 is 1.14 bits per heavy atom. The molecule has 0 aromatic rings. The number of hydrogen-bond donors (Lipinski definition) is 3. The van der Waals surface area contributed by atoms with Crippen molar-refractivity contribution in [3.05, 3.63) is 0 Å². The number of carbonyl (C=O) groups is 12. The third-order valence-electron chi connectivity index (χ3n) is 24.3. The molecular weight excluding hydrogens is 1410 g/mol. The molecule has 6 rings (SSSR count). The third-order valence-corrected chi connectivity index (χ3v) is 24.8. The fraction of sp³-hybridized carbons (Fsp3) is 0.836. The van der Waals surface area contributed by atoms with E-state index >= 15 is 24.0 Å². The van der Waals surface area contributed by atoms with Gasteiger partial charge in [0.15, 0.2) is 0 Å². The third kappa shape index (κ3) is 21.2. The Hall–Kier alpha value is -6.56. The molecule has 1 spiro atoms. The lowest BCUT2D eigenvalue weighted by atomic mass is 9.78. The molecule has 0 radical (unpaired) electrons. The zero-order valence-electron chi connectivity index (χ0n) is 64.0. The highest BCUT2D eigenvalue weighted by Gasteiger charge is 2.53. The van der Waals surface area contributed by atoms with E-state index in [1.54, 1.807) is 27.7 Å². The van der Waals surface area contributed by atoms with E-state index in [1.807, 2.05) is 0 Å². The number of nitrogens with one attached hydrogen (secondary N) is 3. The normalized spacial score (nSPS) is 32.5. The number of carbonyl (C=O) groups excluding carboxylic acids is 12. The number of amides is 12. The van der Waals surface area contributed by atoms with Crippen LogP contribution in [-0.4, -0.2) is 275 Å². The van der Waals surface area contributed by atoms with Gasteiger partial charge in [-0.3, -0.25) is 57.5 Å². The summed E-state index contributed by atoms with van der Waals surface area (Å²) in [4.78, 5) is 189. The fourth-order valence-electron chi connectivity index (χ4n) is 16.2. The predicted molar refractivity (Wildman–Crippen MR) is 377 cm³/mol. The summed E-state index contributed by atoms with van der Waals surface area (Å²) < 4.78 is 99.3. The van der Waals surface area contributed by atoms with Crippen LogP contribution in [0, 0.1) is 41.4 Å². The average molecular weight is 1520 g/mol. The summed E-state index contributed by atoms with van der Waals surface area (Å²) in [6.07, 6.45) is -9.40. The number of alkyl halides is 8. The topological polar surface area (TPSA) is 270 Å². The van der Waals surface area contributed by atoms with E-state index in [4.69, 9.17) is 11.6 Å². The summed E-state index contributed by atoms with van der Waals surface area (Å²) in [5.74, 6) is -15.2. The van der Waals surface area contributed by atoms with Crippen LogP contribution in [0.25, 0.3) is 0 Å². The van der Waals surface area contributed by atoms with Crippen LogP contribution in [0.1, 0.15) is 189 Å². The van der Waals surface area contributed by atoms with Crippen molar-refractivity contribution in [2.24, 2.45) is 41.4 Å². The molecule has 4 saturated carbocycles. The average Bonchev–Trinajstić information content (AvgIpc) is 1.77. The van der Waals surface area contributed by atoms with E-state index in [9.17, 15) is 64.3 Å². The highest BCUT2D eigenvalue weighted by Crippen LogP contribution is 2.45. The minimum absolute atomic E-state index is 0.0270. The minimum atomic E-state index is -4.58. The number of hydrogen-bond acceptors (Lipinski definition) is 12. The van der Waals surface area contributed by atoms with Gasteiger partial charge in [-0.05, 0) is 159 Å². The minimum Gasteiger partial charge on any atom is -0.347 e. The molecule has 3 N–H and O–H groups in total. The van der Waals surface area contributed by atoms with Gasteiger partial charge < -0.3 is 60.0 Å². The van der Waals surface area contributed by atoms with E-state index in [0.29, 0.717) is 38.5 Å². The van der Waals surface area contributed by atoms with Crippen molar-refractivity contribution in [1.82, 2.24) is 60.0 Å². The molecule has 0 aromatic heterocycles. The summed E-state index contributed by atoms with van der Waals surface area (Å²) >= 11 is 6.41. The van der Waals surface area contributed by atoms with Gasteiger partial charge in [-0.15, -0.1) is 11.6 Å². The Kier molecular flexibility index (Phi) is 30.8. The SMILES string of the molecule is CC[C@H](C)[C@@H]1NC(=O)[C@H](C)N(C)C(=O)C[C@@H](C(=O)N(C)C)N(C)C(=O)[C@H]([C@@H](C)CC)N(C)C(=O)C2(CCCC2)NC(=O)[C@H](CC2CCC(F)CC2)N(C)C(=O)[C@H](CCC2CCC(C(F)(F)F)C(Cl)C2)NC(=O)CN(C)C(=O)[C@H](CC2CCC(C(F)(F)F)CC2)N(C)C(=O)[C@@H]2CCN2C(=O)[C@H](C)N(C)C1=O. The van der Waals surface area contributed by atoms with Crippen molar-refractivity contribution in [3.63, 3.8) is 0 Å². The first-order chi connectivity index (χ1) is 48.9. The van der Waals surface area contributed by atoms with Crippen molar-refractivity contribution in [3.8, 4) is 0 Å². The van der Waals surface area contributed by atoms with Crippen LogP contribution in [-0.2, 0) is 57.5 Å². The Bertz CT molecular complexity index is 3090. The van der Waals surface area contributed by atoms with Gasteiger partial charge in [0.2, 0.25) is 70.9 Å². The fourth-order valence-corrected chi connectivity index (χ4v) is 16.8. The molecule has 6 aliphatic rings. The molecule has 2 heterocycles. The van der Waals surface area contributed by atoms with E-state index < -0.39 is 203 Å². The van der Waals surface area contributed by atoms with Crippen molar-refractivity contribution in [1.29, 1.82) is 0 Å². The lowest BCUT2D eigenvalue weighted by molar-refractivity contribution is -0.184. The standard InChI is InChI=1S/C73H116ClF7N12O12/c1-16-41(3)59-68(103)88(11)44(6)63(98)93-35-32-53(93)67(102)90(13)55(38-46-20-26-48(27-21-46)72(76,77)78)66(101)86(9)40-57(94)82-52(31-25-45-24-30-50(51(74)36-45)73(79,80)81)64(99)89(12)54(37-47-22-28-49(75)29-23-47)62(97)84-71(33-18-19-34-71)70(105)92(15)60(42(4)17-2)69(104)91(14)56(65(100)85(7)8)39-58(95)87(10)43(5)61(96)83-59/h41-56,59-60H,16-40H2,1-15H3,(H,82,94)(H,83,96)(H,84,97)/t41-,42-,43-,44-,45?,46?,47?,48?,49?,50?,51?,52-,53-,54-,55-,56-,59-,60-/m0/s1. The second-order valence-electron chi connectivity index (χ2n) is 31.5. The molecule has 105 heavy (non-hydrogen) atoms. The first kappa shape index (κ1) is 87.4. The predicted octanol–water partition coefficient (Wildman–Crippen LogP) is 7.07. The van der Waals surface area contributed by atoms with Gasteiger partial charge in [-0.2, -0.15) is 26.3 Å². The number of nitrogens with zero attached hydrogens (tertiary/aromatic N) is 9. The summed E-state index contributed by atoms with van der Waals surface area (Å²) in [5, 5.41) is 7.21. The van der Waals surface area contributed by atoms with Crippen molar-refractivity contribution in [2.45, 2.75) is 273 Å². The van der Waals surface area contributed by atoms with Crippen molar-refractivity contribution >= 4 is 82.5 Å². The molecule has 24 nitrogen and oxygen atoms in total. The maximum atomic E-state index is 15.6. The van der Waals surface area contributed by atoms with E-state index in [-0.39, 0.29) is 115 Å². The van der Waals surface area contributed by atoms with E-state index in [2.05, 4.69) is 16.0 Å². The van der Waals surface area contributed by atoms with Gasteiger partial charge in [-0.25, -0.2) is 4.39 Å². The molecule has 596 valence electrons. The number of fused-ring (bicyclic) bond motifs is 1. The lowest BCUT2D eigenvalue weighted by Crippen LogP contribution is -2.65. The summed E-state index contributed by atoms with van der Waals surface area (Å²) in [5.41, 5.74) is -1.71. The molecule has 6 fully saturated rings. The summed E-state index contributed by atoms with van der Waals surface area (Å²) in [6, 6.07) is -12.3. The largest absolute Gasteiger partial charge is 0.393 e. The Balaban J connectivity index is 1.46. The van der Waals surface area contributed by atoms with Crippen molar-refractivity contribution in [2.75, 3.05) is 76.5 Å². The first-order valence-electron chi connectivity index (χ1n) is 37.6. The van der Waals surface area contributed by atoms with Crippen LogP contribution in [0.3, 0.4) is 0 Å².